The standard InChI is InChI=1S/C18H21NO/c1-13-4-8-16(9-5-13)12-18(20)19-15(3)17-10-6-14(2)7-11-17/h4-11,15H,12H2,1-3H3,(H,19,20). The molecule has 0 fully saturated rings. The Hall–Kier alpha value is -2.09. The Labute approximate surface area is 120 Å². The quantitative estimate of drug-likeness (QED) is 0.898. The van der Waals surface area contributed by atoms with Crippen LogP contribution in [0.15, 0.2) is 48.5 Å². The van der Waals surface area contributed by atoms with E-state index in [-0.39, 0.29) is 11.9 Å². The molecule has 2 heteroatoms. The van der Waals surface area contributed by atoms with Crippen molar-refractivity contribution >= 4 is 5.91 Å². The minimum atomic E-state index is 0.0357. The molecular formula is C18H21NO. The summed E-state index contributed by atoms with van der Waals surface area (Å²) in [5, 5.41) is 3.04. The van der Waals surface area contributed by atoms with Crippen LogP contribution in [0.1, 0.15) is 35.2 Å². The maximum Gasteiger partial charge on any atom is 0.224 e. The van der Waals surface area contributed by atoms with Gasteiger partial charge in [-0.3, -0.25) is 4.79 Å². The molecule has 1 atom stereocenters. The van der Waals surface area contributed by atoms with E-state index in [0.29, 0.717) is 6.42 Å². The van der Waals surface area contributed by atoms with Crippen molar-refractivity contribution in [3.63, 3.8) is 0 Å². The van der Waals surface area contributed by atoms with Crippen molar-refractivity contribution in [3.8, 4) is 0 Å². The lowest BCUT2D eigenvalue weighted by molar-refractivity contribution is -0.121. The molecule has 0 aliphatic carbocycles. The van der Waals surface area contributed by atoms with Gasteiger partial charge in [0.15, 0.2) is 0 Å². The maximum absolute atomic E-state index is 12.0. The van der Waals surface area contributed by atoms with Gasteiger partial charge in [0.05, 0.1) is 12.5 Å². The summed E-state index contributed by atoms with van der Waals surface area (Å²) in [5.41, 5.74) is 4.62. The smallest absolute Gasteiger partial charge is 0.224 e. The second-order valence-electron chi connectivity index (χ2n) is 5.36. The predicted molar refractivity (Wildman–Crippen MR) is 82.6 cm³/mol. The fraction of sp³-hybridized carbons (Fsp3) is 0.278. The third-order valence-corrected chi connectivity index (χ3v) is 3.44. The van der Waals surface area contributed by atoms with Crippen LogP contribution in [0.4, 0.5) is 0 Å². The zero-order valence-corrected chi connectivity index (χ0v) is 12.3. The number of hydrogen-bond donors (Lipinski definition) is 1. The summed E-state index contributed by atoms with van der Waals surface area (Å²) in [6.07, 6.45) is 0.427. The third-order valence-electron chi connectivity index (χ3n) is 3.44. The van der Waals surface area contributed by atoms with Gasteiger partial charge in [-0.15, -0.1) is 0 Å². The second-order valence-corrected chi connectivity index (χ2v) is 5.36. The van der Waals surface area contributed by atoms with Crippen molar-refractivity contribution in [3.05, 3.63) is 70.8 Å². The Morgan fingerprint density at radius 2 is 1.45 bits per heavy atom. The Bertz CT molecular complexity index is 569. The molecule has 0 heterocycles. The molecule has 2 aromatic carbocycles. The van der Waals surface area contributed by atoms with Crippen LogP contribution in [0.25, 0.3) is 0 Å². The first kappa shape index (κ1) is 14.3. The summed E-state index contributed by atoms with van der Waals surface area (Å²) in [6, 6.07) is 16.4. The minimum Gasteiger partial charge on any atom is -0.349 e. The van der Waals surface area contributed by atoms with Crippen LogP contribution in [-0.4, -0.2) is 5.91 Å². The number of aryl methyl sites for hydroxylation is 2. The van der Waals surface area contributed by atoms with Crippen LogP contribution in [-0.2, 0) is 11.2 Å². The first-order valence-electron chi connectivity index (χ1n) is 6.96. The molecular weight excluding hydrogens is 246 g/mol. The van der Waals surface area contributed by atoms with Crippen molar-refractivity contribution < 1.29 is 4.79 Å². The highest BCUT2D eigenvalue weighted by Gasteiger charge is 2.09. The van der Waals surface area contributed by atoms with Gasteiger partial charge in [-0.05, 0) is 31.9 Å². The molecule has 104 valence electrons. The number of carbonyl (C=O) groups excluding carboxylic acids is 1. The molecule has 0 spiro atoms. The molecule has 20 heavy (non-hydrogen) atoms. The molecule has 2 rings (SSSR count). The number of hydrogen-bond acceptors (Lipinski definition) is 1. The summed E-state index contributed by atoms with van der Waals surface area (Å²) in [6.45, 7) is 6.12. The van der Waals surface area contributed by atoms with Crippen LogP contribution in [0, 0.1) is 13.8 Å². The molecule has 0 bridgehead atoms. The van der Waals surface area contributed by atoms with Crippen molar-refractivity contribution in [1.29, 1.82) is 0 Å². The monoisotopic (exact) mass is 267 g/mol. The number of rotatable bonds is 4. The highest BCUT2D eigenvalue weighted by molar-refractivity contribution is 5.79. The zero-order chi connectivity index (χ0) is 14.5. The summed E-state index contributed by atoms with van der Waals surface area (Å²) in [7, 11) is 0. The number of nitrogens with one attached hydrogen (secondary N) is 1. The second kappa shape index (κ2) is 6.38. The molecule has 0 aliphatic rings. The molecule has 0 aliphatic heterocycles. The highest BCUT2D eigenvalue weighted by atomic mass is 16.1. The first-order chi connectivity index (χ1) is 9.54. The fourth-order valence-electron chi connectivity index (χ4n) is 2.12. The molecule has 1 amide bonds. The minimum absolute atomic E-state index is 0.0357. The highest BCUT2D eigenvalue weighted by Crippen LogP contribution is 2.13. The molecule has 2 aromatic rings. The summed E-state index contributed by atoms with van der Waals surface area (Å²) in [5.74, 6) is 0.0573. The van der Waals surface area contributed by atoms with Gasteiger partial charge in [0.1, 0.15) is 0 Å². The van der Waals surface area contributed by atoms with Crippen LogP contribution in [0.2, 0.25) is 0 Å². The molecule has 1 N–H and O–H groups in total. The largest absolute Gasteiger partial charge is 0.349 e. The van der Waals surface area contributed by atoms with Crippen LogP contribution in [0.5, 0.6) is 0 Å². The summed E-state index contributed by atoms with van der Waals surface area (Å²) < 4.78 is 0. The van der Waals surface area contributed by atoms with Crippen LogP contribution < -0.4 is 5.32 Å². The lowest BCUT2D eigenvalue weighted by Gasteiger charge is -2.14. The van der Waals surface area contributed by atoms with E-state index in [1.165, 1.54) is 11.1 Å². The Kier molecular flexibility index (Phi) is 4.57. The summed E-state index contributed by atoms with van der Waals surface area (Å²) >= 11 is 0. The van der Waals surface area contributed by atoms with E-state index in [1.54, 1.807) is 0 Å². The van der Waals surface area contributed by atoms with E-state index in [1.807, 2.05) is 38.1 Å². The first-order valence-corrected chi connectivity index (χ1v) is 6.96. The van der Waals surface area contributed by atoms with Gasteiger partial charge < -0.3 is 5.32 Å². The Morgan fingerprint density at radius 1 is 0.950 bits per heavy atom. The van der Waals surface area contributed by atoms with Gasteiger partial charge in [-0.25, -0.2) is 0 Å². The number of benzene rings is 2. The Balaban J connectivity index is 1.93. The molecule has 2 nitrogen and oxygen atoms in total. The fourth-order valence-corrected chi connectivity index (χ4v) is 2.12. The normalized spacial score (nSPS) is 11.9. The van der Waals surface area contributed by atoms with E-state index in [0.717, 1.165) is 11.1 Å². The van der Waals surface area contributed by atoms with Gasteiger partial charge in [0.25, 0.3) is 0 Å². The van der Waals surface area contributed by atoms with Gasteiger partial charge in [-0.1, -0.05) is 59.7 Å². The predicted octanol–water partition coefficient (Wildman–Crippen LogP) is 3.72. The molecule has 0 radical (unpaired) electrons. The lowest BCUT2D eigenvalue weighted by Crippen LogP contribution is -2.28. The van der Waals surface area contributed by atoms with Crippen LogP contribution in [0.3, 0.4) is 0 Å². The van der Waals surface area contributed by atoms with Gasteiger partial charge in [0.2, 0.25) is 5.91 Å². The van der Waals surface area contributed by atoms with Crippen molar-refractivity contribution in [2.24, 2.45) is 0 Å². The average molecular weight is 267 g/mol. The zero-order valence-electron chi connectivity index (χ0n) is 12.3. The Morgan fingerprint density at radius 3 is 2.00 bits per heavy atom. The summed E-state index contributed by atoms with van der Waals surface area (Å²) in [4.78, 5) is 12.0. The van der Waals surface area contributed by atoms with Crippen LogP contribution >= 0.6 is 0 Å². The van der Waals surface area contributed by atoms with Gasteiger partial charge >= 0.3 is 0 Å². The topological polar surface area (TPSA) is 29.1 Å². The van der Waals surface area contributed by atoms with E-state index in [2.05, 4.69) is 36.5 Å². The number of amides is 1. The average Bonchev–Trinajstić information content (AvgIpc) is 2.42. The van der Waals surface area contributed by atoms with E-state index in [9.17, 15) is 4.79 Å². The molecule has 0 saturated carbocycles. The van der Waals surface area contributed by atoms with Crippen molar-refractivity contribution in [2.45, 2.75) is 33.2 Å². The molecule has 0 saturated heterocycles. The van der Waals surface area contributed by atoms with E-state index in [4.69, 9.17) is 0 Å². The van der Waals surface area contributed by atoms with Crippen molar-refractivity contribution in [1.82, 2.24) is 5.32 Å². The lowest BCUT2D eigenvalue weighted by atomic mass is 10.1. The SMILES string of the molecule is Cc1ccc(CC(=O)NC(C)c2ccc(C)cc2)cc1. The van der Waals surface area contributed by atoms with E-state index >= 15 is 0 Å². The molecule has 1 unspecified atom stereocenters. The molecule has 0 aromatic heterocycles. The van der Waals surface area contributed by atoms with Gasteiger partial charge in [0, 0.05) is 0 Å². The maximum atomic E-state index is 12.0. The van der Waals surface area contributed by atoms with Gasteiger partial charge in [-0.2, -0.15) is 0 Å². The third kappa shape index (κ3) is 3.95. The van der Waals surface area contributed by atoms with Crippen molar-refractivity contribution in [2.75, 3.05) is 0 Å². The van der Waals surface area contributed by atoms with E-state index < -0.39 is 0 Å². The number of carbonyl (C=O) groups is 1.